The molecule has 8 rings (SSSR count). The largest absolute Gasteiger partial charge is 0.309 e. The Morgan fingerprint density at radius 2 is 0.925 bits per heavy atom. The molecule has 8 aromatic rings. The van der Waals surface area contributed by atoms with Crippen molar-refractivity contribution in [2.24, 2.45) is 0 Å². The van der Waals surface area contributed by atoms with Crippen LogP contribution in [-0.4, -0.2) is 4.57 Å². The first-order valence-corrected chi connectivity index (χ1v) is 14.6. The Labute approximate surface area is 237 Å². The van der Waals surface area contributed by atoms with Crippen LogP contribution in [0.5, 0.6) is 0 Å². The van der Waals surface area contributed by atoms with Crippen LogP contribution in [0.25, 0.3) is 69.9 Å². The van der Waals surface area contributed by atoms with E-state index in [2.05, 4.69) is 146 Å². The van der Waals surface area contributed by atoms with Gasteiger partial charge in [0.1, 0.15) is 0 Å². The van der Waals surface area contributed by atoms with E-state index in [1.165, 1.54) is 81.0 Å². The molecule has 0 aliphatic carbocycles. The van der Waals surface area contributed by atoms with E-state index in [0.717, 1.165) is 0 Å². The van der Waals surface area contributed by atoms with Crippen molar-refractivity contribution in [3.63, 3.8) is 0 Å². The second-order valence-corrected chi connectivity index (χ2v) is 11.8. The second kappa shape index (κ2) is 8.94. The van der Waals surface area contributed by atoms with Crippen LogP contribution in [0.15, 0.2) is 127 Å². The third kappa shape index (κ3) is 3.53. The van der Waals surface area contributed by atoms with Crippen LogP contribution in [0.2, 0.25) is 0 Å². The van der Waals surface area contributed by atoms with Gasteiger partial charge >= 0.3 is 0 Å². The maximum Gasteiger partial charge on any atom is 0.0570 e. The Bertz CT molecular complexity index is 2150. The minimum Gasteiger partial charge on any atom is -0.309 e. The lowest BCUT2D eigenvalue weighted by molar-refractivity contribution is 1.16. The molecule has 0 atom stereocenters. The van der Waals surface area contributed by atoms with Crippen LogP contribution in [0.3, 0.4) is 0 Å². The van der Waals surface area contributed by atoms with Gasteiger partial charge < -0.3 is 4.57 Å². The summed E-state index contributed by atoms with van der Waals surface area (Å²) in [6.45, 7) is 4.42. The Morgan fingerprint density at radius 3 is 1.57 bits per heavy atom. The van der Waals surface area contributed by atoms with E-state index in [9.17, 15) is 0 Å². The minimum absolute atomic E-state index is 1.20. The molecule has 0 radical (unpaired) electrons. The molecule has 0 fully saturated rings. The van der Waals surface area contributed by atoms with Crippen molar-refractivity contribution in [2.75, 3.05) is 0 Å². The van der Waals surface area contributed by atoms with Crippen LogP contribution in [-0.2, 0) is 0 Å². The summed E-state index contributed by atoms with van der Waals surface area (Å²) < 4.78 is 5.13. The van der Waals surface area contributed by atoms with Crippen LogP contribution >= 0.6 is 11.3 Å². The highest BCUT2D eigenvalue weighted by atomic mass is 32.1. The van der Waals surface area contributed by atoms with Crippen molar-refractivity contribution in [3.8, 4) is 27.9 Å². The zero-order valence-electron chi connectivity index (χ0n) is 22.5. The molecule has 40 heavy (non-hydrogen) atoms. The molecular formula is C38H27NS. The fraction of sp³-hybridized carbons (Fsp3) is 0.0526. The van der Waals surface area contributed by atoms with Crippen molar-refractivity contribution in [3.05, 3.63) is 139 Å². The van der Waals surface area contributed by atoms with Crippen LogP contribution in [0.4, 0.5) is 0 Å². The first kappa shape index (κ1) is 23.2. The summed E-state index contributed by atoms with van der Waals surface area (Å²) in [6, 6.07) is 46.8. The smallest absolute Gasteiger partial charge is 0.0570 e. The molecule has 0 saturated heterocycles. The van der Waals surface area contributed by atoms with E-state index in [1.807, 2.05) is 11.3 Å². The molecule has 0 amide bonds. The first-order chi connectivity index (χ1) is 19.7. The van der Waals surface area contributed by atoms with Gasteiger partial charge in [0.05, 0.1) is 11.0 Å². The van der Waals surface area contributed by atoms with Gasteiger partial charge in [-0.15, -0.1) is 11.3 Å². The second-order valence-electron chi connectivity index (χ2n) is 10.7. The zero-order chi connectivity index (χ0) is 26.8. The lowest BCUT2D eigenvalue weighted by Crippen LogP contribution is -1.96. The predicted octanol–water partition coefficient (Wildman–Crippen LogP) is 11.1. The molecule has 0 aliphatic heterocycles. The topological polar surface area (TPSA) is 4.93 Å². The van der Waals surface area contributed by atoms with Crippen LogP contribution in [0, 0.1) is 13.8 Å². The number of nitrogens with zero attached hydrogens (tertiary/aromatic N) is 1. The monoisotopic (exact) mass is 529 g/mol. The first-order valence-electron chi connectivity index (χ1n) is 13.8. The van der Waals surface area contributed by atoms with Crippen LogP contribution in [0.1, 0.15) is 11.1 Å². The van der Waals surface area contributed by atoms with Gasteiger partial charge in [0, 0.05) is 36.6 Å². The molecule has 0 N–H and O–H groups in total. The highest BCUT2D eigenvalue weighted by molar-refractivity contribution is 7.25. The molecule has 2 heterocycles. The van der Waals surface area contributed by atoms with E-state index in [0.29, 0.717) is 0 Å². The van der Waals surface area contributed by atoms with Crippen molar-refractivity contribution in [1.29, 1.82) is 0 Å². The third-order valence-electron chi connectivity index (χ3n) is 8.27. The minimum atomic E-state index is 1.20. The van der Waals surface area contributed by atoms with Gasteiger partial charge in [-0.2, -0.15) is 0 Å². The van der Waals surface area contributed by atoms with Gasteiger partial charge in [0.15, 0.2) is 0 Å². The summed E-state index contributed by atoms with van der Waals surface area (Å²) >= 11 is 1.87. The third-order valence-corrected chi connectivity index (χ3v) is 9.40. The Morgan fingerprint density at radius 1 is 0.425 bits per heavy atom. The molecule has 6 aromatic carbocycles. The molecule has 2 heteroatoms. The quantitative estimate of drug-likeness (QED) is 0.214. The van der Waals surface area contributed by atoms with Gasteiger partial charge in [0.25, 0.3) is 0 Å². The molecule has 0 aliphatic rings. The van der Waals surface area contributed by atoms with Gasteiger partial charge in [-0.1, -0.05) is 103 Å². The van der Waals surface area contributed by atoms with Gasteiger partial charge in [0.2, 0.25) is 0 Å². The standard InChI is InChI=1S/C38H27NS/c1-24-7-5-10-33-34-11-6-8-25(2)38(34)39(37(24)33)30-20-17-27(18-21-30)26-13-15-28(16-14-26)29-19-22-32-31-9-3-4-12-35(31)40-36(32)23-29/h3-23H,1-2H3. The summed E-state index contributed by atoms with van der Waals surface area (Å²) in [5.74, 6) is 0. The maximum atomic E-state index is 2.44. The lowest BCUT2D eigenvalue weighted by Gasteiger charge is -2.12. The van der Waals surface area contributed by atoms with Gasteiger partial charge in [-0.3, -0.25) is 0 Å². The number of thiophene rings is 1. The number of aryl methyl sites for hydroxylation is 2. The highest BCUT2D eigenvalue weighted by Gasteiger charge is 2.15. The molecule has 1 nitrogen and oxygen atoms in total. The Hall–Kier alpha value is -4.66. The normalized spacial score (nSPS) is 11.8. The number of hydrogen-bond donors (Lipinski definition) is 0. The average Bonchev–Trinajstić information content (AvgIpc) is 3.54. The number of benzene rings is 6. The maximum absolute atomic E-state index is 2.44. The summed E-state index contributed by atoms with van der Waals surface area (Å²) in [4.78, 5) is 0. The Balaban J connectivity index is 1.16. The van der Waals surface area contributed by atoms with Crippen molar-refractivity contribution in [2.45, 2.75) is 13.8 Å². The van der Waals surface area contributed by atoms with Crippen LogP contribution < -0.4 is 0 Å². The summed E-state index contributed by atoms with van der Waals surface area (Å²) in [7, 11) is 0. The van der Waals surface area contributed by atoms with Gasteiger partial charge in [-0.25, -0.2) is 0 Å². The molecule has 0 bridgehead atoms. The number of aromatic nitrogens is 1. The van der Waals surface area contributed by atoms with Crippen molar-refractivity contribution < 1.29 is 0 Å². The molecule has 0 spiro atoms. The van der Waals surface area contributed by atoms with Gasteiger partial charge in [-0.05, 0) is 71.5 Å². The fourth-order valence-electron chi connectivity index (χ4n) is 6.28. The van der Waals surface area contributed by atoms with E-state index in [4.69, 9.17) is 0 Å². The molecule has 190 valence electrons. The van der Waals surface area contributed by atoms with Crippen molar-refractivity contribution in [1.82, 2.24) is 4.57 Å². The summed E-state index contributed by atoms with van der Waals surface area (Å²) in [5.41, 5.74) is 11.3. The molecule has 2 aromatic heterocycles. The fourth-order valence-corrected chi connectivity index (χ4v) is 7.43. The number of hydrogen-bond acceptors (Lipinski definition) is 1. The number of fused-ring (bicyclic) bond motifs is 6. The number of para-hydroxylation sites is 2. The predicted molar refractivity (Wildman–Crippen MR) is 174 cm³/mol. The summed E-state index contributed by atoms with van der Waals surface area (Å²) in [5, 5.41) is 5.31. The molecular weight excluding hydrogens is 502 g/mol. The SMILES string of the molecule is Cc1cccc2c3cccc(C)c3n(-c3ccc(-c4ccc(-c5ccc6c(c5)sc5ccccc56)cc4)cc3)c12. The van der Waals surface area contributed by atoms with E-state index in [1.54, 1.807) is 0 Å². The molecule has 0 unspecified atom stereocenters. The van der Waals surface area contributed by atoms with E-state index >= 15 is 0 Å². The average molecular weight is 530 g/mol. The van der Waals surface area contributed by atoms with Crippen molar-refractivity contribution >= 4 is 53.3 Å². The molecule has 0 saturated carbocycles. The van der Waals surface area contributed by atoms with E-state index < -0.39 is 0 Å². The van der Waals surface area contributed by atoms with E-state index in [-0.39, 0.29) is 0 Å². The zero-order valence-corrected chi connectivity index (χ0v) is 23.3. The summed E-state index contributed by atoms with van der Waals surface area (Å²) in [6.07, 6.45) is 0. The highest BCUT2D eigenvalue weighted by Crippen LogP contribution is 2.38. The number of rotatable bonds is 3. The lowest BCUT2D eigenvalue weighted by atomic mass is 9.99. The Kier molecular flexibility index (Phi) is 5.20.